The Morgan fingerprint density at radius 2 is 1.41 bits per heavy atom. The van der Waals surface area contributed by atoms with Crippen molar-refractivity contribution in [2.24, 2.45) is 23.2 Å². The van der Waals surface area contributed by atoms with Crippen LogP contribution in [-0.4, -0.2) is 27.4 Å². The molecule has 0 spiro atoms. The minimum Gasteiger partial charge on any atom is -1.00 e. The minimum absolute atomic E-state index is 0. The van der Waals surface area contributed by atoms with Gasteiger partial charge in [-0.1, -0.05) is 0 Å². The summed E-state index contributed by atoms with van der Waals surface area (Å²) >= 11 is 0. The summed E-state index contributed by atoms with van der Waals surface area (Å²) < 4.78 is 16.4. The molecular formula is C22H33ClNO3-. The molecule has 1 aromatic rings. The predicted molar refractivity (Wildman–Crippen MR) is 103 cm³/mol. The first-order valence-electron chi connectivity index (χ1n) is 10.1. The third-order valence-electron chi connectivity index (χ3n) is 7.34. The van der Waals surface area contributed by atoms with Crippen LogP contribution in [-0.2, 0) is 6.54 Å². The zero-order chi connectivity index (χ0) is 18.3. The number of hydrogen-bond acceptors (Lipinski definition) is 4. The maximum atomic E-state index is 5.49. The molecule has 0 aliphatic heterocycles. The molecule has 4 bridgehead atoms. The topological polar surface area (TPSA) is 39.7 Å². The van der Waals surface area contributed by atoms with Gasteiger partial charge in [-0.15, -0.1) is 0 Å². The van der Waals surface area contributed by atoms with Crippen molar-refractivity contribution in [2.75, 3.05) is 21.3 Å². The number of hydrogen-bond donors (Lipinski definition) is 1. The summed E-state index contributed by atoms with van der Waals surface area (Å²) in [5, 5.41) is 3.84. The van der Waals surface area contributed by atoms with Gasteiger partial charge in [-0.05, 0) is 86.3 Å². The fraction of sp³-hybridized carbons (Fsp3) is 0.727. The Kier molecular flexibility index (Phi) is 6.17. The molecule has 1 atom stereocenters. The van der Waals surface area contributed by atoms with E-state index in [9.17, 15) is 0 Å². The average Bonchev–Trinajstić information content (AvgIpc) is 2.63. The molecular weight excluding hydrogens is 362 g/mol. The number of nitrogens with one attached hydrogen (secondary N) is 1. The van der Waals surface area contributed by atoms with E-state index in [1.165, 1.54) is 44.1 Å². The third kappa shape index (κ3) is 3.75. The van der Waals surface area contributed by atoms with E-state index in [4.69, 9.17) is 14.2 Å². The largest absolute Gasteiger partial charge is 1.00 e. The van der Waals surface area contributed by atoms with Crippen molar-refractivity contribution in [3.05, 3.63) is 17.7 Å². The molecule has 0 aromatic heterocycles. The summed E-state index contributed by atoms with van der Waals surface area (Å²) in [5.74, 6) is 5.09. The zero-order valence-electron chi connectivity index (χ0n) is 17.0. The molecule has 4 fully saturated rings. The Morgan fingerprint density at radius 1 is 0.926 bits per heavy atom. The number of benzene rings is 1. The Balaban J connectivity index is 0.00000210. The van der Waals surface area contributed by atoms with E-state index in [-0.39, 0.29) is 12.4 Å². The molecule has 1 aromatic carbocycles. The van der Waals surface area contributed by atoms with Gasteiger partial charge in [0.25, 0.3) is 0 Å². The maximum Gasteiger partial charge on any atom is 0.203 e. The standard InChI is InChI=1S/C22H33NO3.ClH/c1-14(22-10-15-5-16(11-22)7-17(6-15)12-22)23-13-18-8-19(24-2)21(26-4)20(9-18)25-3;/h8-9,14-17,23H,5-7,10-13H2,1-4H3;1H/p-1. The highest BCUT2D eigenvalue weighted by Crippen LogP contribution is 2.61. The molecule has 27 heavy (non-hydrogen) atoms. The van der Waals surface area contributed by atoms with Gasteiger partial charge in [0.2, 0.25) is 5.75 Å². The number of ether oxygens (including phenoxy) is 3. The summed E-state index contributed by atoms with van der Waals surface area (Å²) in [6.07, 6.45) is 8.80. The Morgan fingerprint density at radius 3 is 1.81 bits per heavy atom. The highest BCUT2D eigenvalue weighted by atomic mass is 35.5. The normalized spacial score (nSPS) is 31.9. The van der Waals surface area contributed by atoms with Crippen LogP contribution < -0.4 is 31.9 Å². The van der Waals surface area contributed by atoms with Crippen molar-refractivity contribution >= 4 is 0 Å². The molecule has 0 radical (unpaired) electrons. The van der Waals surface area contributed by atoms with Crippen molar-refractivity contribution in [2.45, 2.75) is 58.0 Å². The lowest BCUT2D eigenvalue weighted by Gasteiger charge is -2.59. The molecule has 4 aliphatic carbocycles. The monoisotopic (exact) mass is 394 g/mol. The van der Waals surface area contributed by atoms with Gasteiger partial charge in [0.1, 0.15) is 0 Å². The summed E-state index contributed by atoms with van der Waals surface area (Å²) in [4.78, 5) is 0. The molecule has 1 unspecified atom stereocenters. The van der Waals surface area contributed by atoms with E-state index in [0.717, 1.165) is 35.8 Å². The Labute approximate surface area is 169 Å². The van der Waals surface area contributed by atoms with E-state index in [0.29, 0.717) is 17.2 Å². The Hall–Kier alpha value is -1.13. The summed E-state index contributed by atoms with van der Waals surface area (Å²) in [6, 6.07) is 4.66. The van der Waals surface area contributed by atoms with Crippen LogP contribution >= 0.6 is 0 Å². The van der Waals surface area contributed by atoms with Gasteiger partial charge in [-0.3, -0.25) is 0 Å². The van der Waals surface area contributed by atoms with E-state index in [1.54, 1.807) is 21.3 Å². The van der Waals surface area contributed by atoms with Crippen LogP contribution in [0.25, 0.3) is 0 Å². The third-order valence-corrected chi connectivity index (χ3v) is 7.34. The van der Waals surface area contributed by atoms with Gasteiger partial charge in [0, 0.05) is 12.6 Å². The van der Waals surface area contributed by atoms with Gasteiger partial charge < -0.3 is 31.9 Å². The fourth-order valence-corrected chi connectivity index (χ4v) is 6.43. The van der Waals surface area contributed by atoms with E-state index in [2.05, 4.69) is 24.4 Å². The number of halogens is 1. The van der Waals surface area contributed by atoms with E-state index >= 15 is 0 Å². The van der Waals surface area contributed by atoms with E-state index in [1.807, 2.05) is 0 Å². The molecule has 0 amide bonds. The molecule has 5 rings (SSSR count). The van der Waals surface area contributed by atoms with Crippen molar-refractivity contribution in [3.8, 4) is 17.2 Å². The van der Waals surface area contributed by atoms with Gasteiger partial charge in [-0.2, -0.15) is 0 Å². The van der Waals surface area contributed by atoms with Gasteiger partial charge in [-0.25, -0.2) is 0 Å². The maximum absolute atomic E-state index is 5.49. The van der Waals surface area contributed by atoms with Crippen LogP contribution in [0.2, 0.25) is 0 Å². The van der Waals surface area contributed by atoms with Crippen molar-refractivity contribution in [1.29, 1.82) is 0 Å². The highest BCUT2D eigenvalue weighted by molar-refractivity contribution is 5.53. The quantitative estimate of drug-likeness (QED) is 0.759. The predicted octanol–water partition coefficient (Wildman–Crippen LogP) is 1.41. The molecule has 1 N–H and O–H groups in total. The van der Waals surface area contributed by atoms with Gasteiger partial charge in [0.05, 0.1) is 21.3 Å². The smallest absolute Gasteiger partial charge is 0.203 e. The molecule has 4 saturated carbocycles. The van der Waals surface area contributed by atoms with Gasteiger partial charge in [0.15, 0.2) is 11.5 Å². The molecule has 4 aliphatic rings. The van der Waals surface area contributed by atoms with E-state index < -0.39 is 0 Å². The first-order valence-corrected chi connectivity index (χ1v) is 10.1. The Bertz CT molecular complexity index is 603. The van der Waals surface area contributed by atoms with Crippen molar-refractivity contribution in [1.82, 2.24) is 5.32 Å². The van der Waals surface area contributed by atoms with Crippen LogP contribution in [0.4, 0.5) is 0 Å². The second-order valence-electron chi connectivity index (χ2n) is 8.92. The fourth-order valence-electron chi connectivity index (χ4n) is 6.43. The molecule has 0 saturated heterocycles. The van der Waals surface area contributed by atoms with Crippen LogP contribution in [0, 0.1) is 23.2 Å². The SMILES string of the molecule is COc1cc(CNC(C)C23CC4CC(CC(C4)C2)C3)cc(OC)c1OC.[Cl-]. The highest BCUT2D eigenvalue weighted by Gasteiger charge is 2.52. The van der Waals surface area contributed by atoms with Crippen LogP contribution in [0.1, 0.15) is 51.0 Å². The second-order valence-corrected chi connectivity index (χ2v) is 8.92. The van der Waals surface area contributed by atoms with Gasteiger partial charge >= 0.3 is 0 Å². The molecule has 0 heterocycles. The molecule has 152 valence electrons. The van der Waals surface area contributed by atoms with Crippen LogP contribution in [0.3, 0.4) is 0 Å². The molecule has 4 nitrogen and oxygen atoms in total. The first-order chi connectivity index (χ1) is 12.6. The zero-order valence-corrected chi connectivity index (χ0v) is 17.8. The average molecular weight is 395 g/mol. The lowest BCUT2D eigenvalue weighted by atomic mass is 9.48. The number of methoxy groups -OCH3 is 3. The first kappa shape index (κ1) is 20.6. The minimum atomic E-state index is 0. The van der Waals surface area contributed by atoms with Crippen LogP contribution in [0.5, 0.6) is 17.2 Å². The summed E-state index contributed by atoms with van der Waals surface area (Å²) in [7, 11) is 4.99. The molecule has 5 heteroatoms. The van der Waals surface area contributed by atoms with Crippen molar-refractivity contribution in [3.63, 3.8) is 0 Å². The summed E-state index contributed by atoms with van der Waals surface area (Å²) in [6.45, 7) is 3.24. The van der Waals surface area contributed by atoms with Crippen molar-refractivity contribution < 1.29 is 26.6 Å². The second kappa shape index (κ2) is 8.08. The lowest BCUT2D eigenvalue weighted by molar-refractivity contribution is -0.0706. The number of rotatable bonds is 7. The summed E-state index contributed by atoms with van der Waals surface area (Å²) in [5.41, 5.74) is 1.70. The lowest BCUT2D eigenvalue weighted by Crippen LogP contribution is -3.00. The van der Waals surface area contributed by atoms with Crippen LogP contribution in [0.15, 0.2) is 12.1 Å².